The molecule has 132 valence electrons. The predicted octanol–water partition coefficient (Wildman–Crippen LogP) is 0.107. The Balaban J connectivity index is 1.62. The lowest BCUT2D eigenvalue weighted by molar-refractivity contribution is -0.120. The maximum Gasteiger partial charge on any atom is 0.318 e. The summed E-state index contributed by atoms with van der Waals surface area (Å²) in [5.41, 5.74) is 2.46. The molecule has 0 unspecified atom stereocenters. The van der Waals surface area contributed by atoms with E-state index in [9.17, 15) is 9.59 Å². The quantitative estimate of drug-likeness (QED) is 0.589. The summed E-state index contributed by atoms with van der Waals surface area (Å²) in [4.78, 5) is 25.6. The Morgan fingerprint density at radius 2 is 1.92 bits per heavy atom. The number of carbonyl (C=O) groups excluding carboxylic acids is 2. The molecule has 0 radical (unpaired) electrons. The van der Waals surface area contributed by atoms with Crippen molar-refractivity contribution in [1.82, 2.24) is 20.9 Å². The van der Waals surface area contributed by atoms with E-state index >= 15 is 0 Å². The molecule has 0 saturated heterocycles. The van der Waals surface area contributed by atoms with Gasteiger partial charge in [-0.3, -0.25) is 4.79 Å². The molecule has 0 bridgehead atoms. The Labute approximate surface area is 142 Å². The van der Waals surface area contributed by atoms with Crippen LogP contribution in [0.1, 0.15) is 11.1 Å². The molecule has 0 fully saturated rings. The topological polar surface area (TPSA) is 82.7 Å². The van der Waals surface area contributed by atoms with Crippen molar-refractivity contribution in [3.8, 4) is 0 Å². The molecule has 1 heterocycles. The van der Waals surface area contributed by atoms with Gasteiger partial charge in [0.1, 0.15) is 0 Å². The molecule has 0 aliphatic carbocycles. The first kappa shape index (κ1) is 18.2. The van der Waals surface area contributed by atoms with Gasteiger partial charge in [-0.05, 0) is 17.5 Å². The summed E-state index contributed by atoms with van der Waals surface area (Å²) >= 11 is 0. The van der Waals surface area contributed by atoms with Gasteiger partial charge in [0.2, 0.25) is 5.91 Å². The fourth-order valence-electron chi connectivity index (χ4n) is 2.59. The number of ether oxygens (including phenoxy) is 1. The van der Waals surface area contributed by atoms with Gasteiger partial charge >= 0.3 is 6.03 Å². The highest BCUT2D eigenvalue weighted by Gasteiger charge is 2.20. The molecular weight excluding hydrogens is 308 g/mol. The first-order chi connectivity index (χ1) is 11.7. The highest BCUT2D eigenvalue weighted by Crippen LogP contribution is 2.18. The summed E-state index contributed by atoms with van der Waals surface area (Å²) < 4.78 is 4.91. The second-order valence-electron chi connectivity index (χ2n) is 5.69. The van der Waals surface area contributed by atoms with Gasteiger partial charge < -0.3 is 25.6 Å². The van der Waals surface area contributed by atoms with Crippen LogP contribution in [0.2, 0.25) is 0 Å². The van der Waals surface area contributed by atoms with Gasteiger partial charge in [-0.1, -0.05) is 24.3 Å². The highest BCUT2D eigenvalue weighted by atomic mass is 16.5. The van der Waals surface area contributed by atoms with E-state index in [0.29, 0.717) is 32.8 Å². The molecule has 7 nitrogen and oxygen atoms in total. The Kier molecular flexibility index (Phi) is 7.51. The van der Waals surface area contributed by atoms with Crippen LogP contribution in [0.15, 0.2) is 24.3 Å². The van der Waals surface area contributed by atoms with E-state index in [-0.39, 0.29) is 18.5 Å². The standard InChI is InChI=1S/C17H26N4O3/c1-24-11-9-18-7-8-19-16(22)12-20-17(23)21-10-6-14-4-2-3-5-15(14)13-21/h2-5,18H,6-13H2,1H3,(H,19,22)(H,20,23). The lowest BCUT2D eigenvalue weighted by Crippen LogP contribution is -2.46. The van der Waals surface area contributed by atoms with Gasteiger partial charge in [-0.25, -0.2) is 4.79 Å². The Bertz CT molecular complexity index is 550. The minimum atomic E-state index is -0.196. The SMILES string of the molecule is COCCNCCNC(=O)CNC(=O)N1CCc2ccccc2C1. The zero-order valence-electron chi connectivity index (χ0n) is 14.1. The van der Waals surface area contributed by atoms with Gasteiger partial charge in [0.25, 0.3) is 0 Å². The maximum atomic E-state index is 12.2. The van der Waals surface area contributed by atoms with Crippen LogP contribution < -0.4 is 16.0 Å². The molecule has 1 aliphatic rings. The minimum absolute atomic E-state index is 0.00491. The third kappa shape index (κ3) is 5.82. The van der Waals surface area contributed by atoms with E-state index in [4.69, 9.17) is 4.74 Å². The van der Waals surface area contributed by atoms with Crippen LogP contribution in [0, 0.1) is 0 Å². The van der Waals surface area contributed by atoms with Gasteiger partial charge in [0.15, 0.2) is 0 Å². The normalized spacial score (nSPS) is 13.3. The first-order valence-electron chi connectivity index (χ1n) is 8.26. The molecule has 0 aromatic heterocycles. The molecule has 24 heavy (non-hydrogen) atoms. The lowest BCUT2D eigenvalue weighted by atomic mass is 10.0. The van der Waals surface area contributed by atoms with E-state index in [1.54, 1.807) is 12.0 Å². The number of methoxy groups -OCH3 is 1. The number of nitrogens with zero attached hydrogens (tertiary/aromatic N) is 1. The number of hydrogen-bond acceptors (Lipinski definition) is 4. The monoisotopic (exact) mass is 334 g/mol. The summed E-state index contributed by atoms with van der Waals surface area (Å²) in [5, 5.41) is 8.57. The average molecular weight is 334 g/mol. The summed E-state index contributed by atoms with van der Waals surface area (Å²) in [7, 11) is 1.65. The minimum Gasteiger partial charge on any atom is -0.383 e. The molecule has 1 aromatic rings. The summed E-state index contributed by atoms with van der Waals surface area (Å²) in [6, 6.07) is 7.94. The van der Waals surface area contributed by atoms with E-state index in [1.165, 1.54) is 11.1 Å². The van der Waals surface area contributed by atoms with Crippen LogP contribution in [0.25, 0.3) is 0 Å². The first-order valence-corrected chi connectivity index (χ1v) is 8.26. The Morgan fingerprint density at radius 1 is 1.12 bits per heavy atom. The predicted molar refractivity (Wildman–Crippen MR) is 91.7 cm³/mol. The molecular formula is C17H26N4O3. The van der Waals surface area contributed by atoms with Crippen LogP contribution in [-0.2, 0) is 22.5 Å². The third-order valence-corrected chi connectivity index (χ3v) is 3.92. The molecule has 2 rings (SSSR count). The van der Waals surface area contributed by atoms with Crippen molar-refractivity contribution >= 4 is 11.9 Å². The fourth-order valence-corrected chi connectivity index (χ4v) is 2.59. The van der Waals surface area contributed by atoms with Crippen LogP contribution >= 0.6 is 0 Å². The number of nitrogens with one attached hydrogen (secondary N) is 3. The van der Waals surface area contributed by atoms with Crippen molar-refractivity contribution < 1.29 is 14.3 Å². The molecule has 0 saturated carbocycles. The van der Waals surface area contributed by atoms with Crippen molar-refractivity contribution in [3.05, 3.63) is 35.4 Å². The van der Waals surface area contributed by atoms with Crippen LogP contribution in [-0.4, -0.2) is 63.3 Å². The molecule has 0 atom stereocenters. The van der Waals surface area contributed by atoms with Crippen LogP contribution in [0.4, 0.5) is 4.79 Å². The second kappa shape index (κ2) is 9.89. The Morgan fingerprint density at radius 3 is 2.71 bits per heavy atom. The zero-order chi connectivity index (χ0) is 17.2. The third-order valence-electron chi connectivity index (χ3n) is 3.92. The number of benzene rings is 1. The number of amides is 3. The molecule has 0 spiro atoms. The van der Waals surface area contributed by atoms with Crippen molar-refractivity contribution in [1.29, 1.82) is 0 Å². The number of urea groups is 1. The summed E-state index contributed by atoms with van der Waals surface area (Å²) in [5.74, 6) is -0.186. The largest absolute Gasteiger partial charge is 0.383 e. The van der Waals surface area contributed by atoms with Crippen molar-refractivity contribution in [2.45, 2.75) is 13.0 Å². The maximum absolute atomic E-state index is 12.2. The van der Waals surface area contributed by atoms with E-state index in [1.807, 2.05) is 18.2 Å². The van der Waals surface area contributed by atoms with Crippen molar-refractivity contribution in [3.63, 3.8) is 0 Å². The van der Waals surface area contributed by atoms with Crippen molar-refractivity contribution in [2.24, 2.45) is 0 Å². The number of fused-ring (bicyclic) bond motifs is 1. The fraction of sp³-hybridized carbons (Fsp3) is 0.529. The zero-order valence-corrected chi connectivity index (χ0v) is 14.1. The number of carbonyl (C=O) groups is 2. The Hall–Kier alpha value is -2.12. The van der Waals surface area contributed by atoms with Crippen molar-refractivity contribution in [2.75, 3.05) is 46.4 Å². The van der Waals surface area contributed by atoms with E-state index < -0.39 is 0 Å². The summed E-state index contributed by atoms with van der Waals surface area (Å²) in [6.45, 7) is 3.85. The molecule has 7 heteroatoms. The smallest absolute Gasteiger partial charge is 0.318 e. The molecule has 1 aliphatic heterocycles. The van der Waals surface area contributed by atoms with E-state index in [0.717, 1.165) is 13.0 Å². The van der Waals surface area contributed by atoms with Crippen LogP contribution in [0.3, 0.4) is 0 Å². The van der Waals surface area contributed by atoms with Gasteiger partial charge in [-0.2, -0.15) is 0 Å². The van der Waals surface area contributed by atoms with Crippen LogP contribution in [0.5, 0.6) is 0 Å². The number of hydrogen-bond donors (Lipinski definition) is 3. The molecule has 1 aromatic carbocycles. The van der Waals surface area contributed by atoms with E-state index in [2.05, 4.69) is 22.0 Å². The average Bonchev–Trinajstić information content (AvgIpc) is 2.62. The lowest BCUT2D eigenvalue weighted by Gasteiger charge is -2.28. The van der Waals surface area contributed by atoms with Gasteiger partial charge in [-0.15, -0.1) is 0 Å². The summed E-state index contributed by atoms with van der Waals surface area (Å²) in [6.07, 6.45) is 0.850. The highest BCUT2D eigenvalue weighted by molar-refractivity contribution is 5.84. The molecule has 3 amide bonds. The molecule has 3 N–H and O–H groups in total. The van der Waals surface area contributed by atoms with Gasteiger partial charge in [0.05, 0.1) is 13.2 Å². The second-order valence-corrected chi connectivity index (χ2v) is 5.69. The number of rotatable bonds is 8. The van der Waals surface area contributed by atoms with Gasteiger partial charge in [0, 0.05) is 39.8 Å².